The van der Waals surface area contributed by atoms with Crippen molar-refractivity contribution in [1.29, 1.82) is 0 Å². The quantitative estimate of drug-likeness (QED) is 0.354. The van der Waals surface area contributed by atoms with Crippen molar-refractivity contribution in [3.63, 3.8) is 0 Å². The molecule has 2 aliphatic rings. The molecule has 1 saturated heterocycles. The molecule has 1 fully saturated rings. The SMILES string of the molecule is C=C1C(=O)O[C@]2(C)CC[C@@H]1C[C@H](O)[C@@](C)(O)CC/C=C(/C)CC[C@H]2O. The molecule has 0 aromatic heterocycles. The molecule has 5 heteroatoms. The number of carbonyl (C=O) groups excluding carboxylic acids is 1. The molecule has 3 N–H and O–H groups in total. The minimum atomic E-state index is -1.22. The van der Waals surface area contributed by atoms with Crippen molar-refractivity contribution in [3.05, 3.63) is 23.8 Å². The Balaban J connectivity index is 2.33. The highest BCUT2D eigenvalue weighted by molar-refractivity contribution is 5.89. The average molecular weight is 352 g/mol. The topological polar surface area (TPSA) is 87.0 Å². The number of aliphatic hydroxyl groups is 3. The predicted octanol–water partition coefficient (Wildman–Crippen LogP) is 2.64. The van der Waals surface area contributed by atoms with Crippen LogP contribution in [0.25, 0.3) is 0 Å². The lowest BCUT2D eigenvalue weighted by Crippen LogP contribution is -2.43. The molecule has 1 aliphatic carbocycles. The summed E-state index contributed by atoms with van der Waals surface area (Å²) in [6.45, 7) is 9.25. The van der Waals surface area contributed by atoms with Crippen LogP contribution in [0.3, 0.4) is 0 Å². The van der Waals surface area contributed by atoms with Crippen LogP contribution in [0.2, 0.25) is 0 Å². The highest BCUT2D eigenvalue weighted by Gasteiger charge is 2.43. The summed E-state index contributed by atoms with van der Waals surface area (Å²) in [5, 5.41) is 31.8. The third-order valence-electron chi connectivity index (χ3n) is 5.96. The number of fused-ring (bicyclic) bond motifs is 3. The monoisotopic (exact) mass is 352 g/mol. The summed E-state index contributed by atoms with van der Waals surface area (Å²) in [6.07, 6.45) is 4.00. The molecule has 0 aromatic rings. The van der Waals surface area contributed by atoms with E-state index < -0.39 is 29.4 Å². The van der Waals surface area contributed by atoms with E-state index in [0.717, 1.165) is 5.57 Å². The number of allylic oxidation sites excluding steroid dienone is 2. The standard InChI is InChI=1S/C20H32O5/c1-13-6-5-10-19(3,24)17(22)12-15-9-11-20(4,16(21)8-7-13)25-18(23)14(15)2/h6,15-17,21-22,24H,2,5,7-12H2,1,3-4H3/b13-6-/t15-,16-,17+,19+,20-/m1/s1. The molecule has 5 atom stereocenters. The highest BCUT2D eigenvalue weighted by Crippen LogP contribution is 2.38. The number of aliphatic hydroxyl groups excluding tert-OH is 2. The number of esters is 1. The summed E-state index contributed by atoms with van der Waals surface area (Å²) in [5.41, 5.74) is -0.741. The minimum absolute atomic E-state index is 0.260. The first-order chi connectivity index (χ1) is 11.5. The molecule has 1 aliphatic heterocycles. The van der Waals surface area contributed by atoms with Crippen molar-refractivity contribution in [2.45, 2.75) is 89.1 Å². The van der Waals surface area contributed by atoms with E-state index >= 15 is 0 Å². The van der Waals surface area contributed by atoms with Gasteiger partial charge in [0.15, 0.2) is 0 Å². The molecule has 1 heterocycles. The number of hydrogen-bond acceptors (Lipinski definition) is 5. The minimum Gasteiger partial charge on any atom is -0.453 e. The second kappa shape index (κ2) is 7.60. The first-order valence-electron chi connectivity index (χ1n) is 9.21. The van der Waals surface area contributed by atoms with Crippen molar-refractivity contribution >= 4 is 5.97 Å². The third-order valence-corrected chi connectivity index (χ3v) is 5.96. The van der Waals surface area contributed by atoms with Gasteiger partial charge in [0.2, 0.25) is 0 Å². The fourth-order valence-electron chi connectivity index (χ4n) is 3.70. The van der Waals surface area contributed by atoms with E-state index in [4.69, 9.17) is 4.74 Å². The van der Waals surface area contributed by atoms with Crippen LogP contribution in [0.15, 0.2) is 23.8 Å². The maximum Gasteiger partial charge on any atom is 0.334 e. The van der Waals surface area contributed by atoms with Gasteiger partial charge in [-0.2, -0.15) is 0 Å². The van der Waals surface area contributed by atoms with E-state index in [1.807, 2.05) is 13.0 Å². The maximum atomic E-state index is 12.4. The Bertz CT molecular complexity index is 550. The second-order valence-electron chi connectivity index (χ2n) is 8.22. The van der Waals surface area contributed by atoms with E-state index in [9.17, 15) is 20.1 Å². The zero-order valence-electron chi connectivity index (χ0n) is 15.6. The summed E-state index contributed by atoms with van der Waals surface area (Å²) >= 11 is 0. The zero-order valence-corrected chi connectivity index (χ0v) is 15.6. The van der Waals surface area contributed by atoms with E-state index in [-0.39, 0.29) is 12.3 Å². The van der Waals surface area contributed by atoms with Gasteiger partial charge in [0.05, 0.1) is 17.8 Å². The third kappa shape index (κ3) is 4.72. The molecule has 0 unspecified atom stereocenters. The Kier molecular flexibility index (Phi) is 6.13. The van der Waals surface area contributed by atoms with Crippen molar-refractivity contribution in [2.24, 2.45) is 5.92 Å². The van der Waals surface area contributed by atoms with Crippen LogP contribution >= 0.6 is 0 Å². The molecule has 0 spiro atoms. The van der Waals surface area contributed by atoms with Gasteiger partial charge in [-0.05, 0) is 71.6 Å². The van der Waals surface area contributed by atoms with Crippen LogP contribution < -0.4 is 0 Å². The van der Waals surface area contributed by atoms with Crippen LogP contribution in [0.4, 0.5) is 0 Å². The molecule has 0 radical (unpaired) electrons. The van der Waals surface area contributed by atoms with Gasteiger partial charge in [0.25, 0.3) is 0 Å². The van der Waals surface area contributed by atoms with Gasteiger partial charge in [-0.25, -0.2) is 4.79 Å². The average Bonchev–Trinajstić information content (AvgIpc) is 2.64. The summed E-state index contributed by atoms with van der Waals surface area (Å²) in [6, 6.07) is 0. The first-order valence-corrected chi connectivity index (χ1v) is 9.21. The molecule has 142 valence electrons. The smallest absolute Gasteiger partial charge is 0.334 e. The number of ether oxygens (including phenoxy) is 1. The van der Waals surface area contributed by atoms with Crippen molar-refractivity contribution in [1.82, 2.24) is 0 Å². The lowest BCUT2D eigenvalue weighted by molar-refractivity contribution is -0.165. The van der Waals surface area contributed by atoms with Gasteiger partial charge in [-0.15, -0.1) is 0 Å². The predicted molar refractivity (Wildman–Crippen MR) is 95.8 cm³/mol. The molecule has 0 saturated carbocycles. The summed E-state index contributed by atoms with van der Waals surface area (Å²) in [4.78, 5) is 12.4. The van der Waals surface area contributed by atoms with Gasteiger partial charge in [0, 0.05) is 5.57 Å². The Labute approximate surface area is 150 Å². The number of hydrogen-bond donors (Lipinski definition) is 3. The zero-order chi connectivity index (χ0) is 18.8. The van der Waals surface area contributed by atoms with E-state index in [1.54, 1.807) is 13.8 Å². The molecule has 5 nitrogen and oxygen atoms in total. The lowest BCUT2D eigenvalue weighted by Gasteiger charge is -2.33. The van der Waals surface area contributed by atoms with Crippen molar-refractivity contribution < 1.29 is 24.9 Å². The van der Waals surface area contributed by atoms with Gasteiger partial charge in [-0.1, -0.05) is 18.2 Å². The van der Waals surface area contributed by atoms with Gasteiger partial charge in [-0.3, -0.25) is 0 Å². The van der Waals surface area contributed by atoms with Gasteiger partial charge >= 0.3 is 5.97 Å². The first kappa shape index (κ1) is 20.1. The molecule has 25 heavy (non-hydrogen) atoms. The Morgan fingerprint density at radius 1 is 1.20 bits per heavy atom. The molecular weight excluding hydrogens is 320 g/mol. The van der Waals surface area contributed by atoms with Crippen LogP contribution in [-0.2, 0) is 9.53 Å². The lowest BCUT2D eigenvalue weighted by atomic mass is 9.80. The number of carbonyl (C=O) groups is 1. The summed E-state index contributed by atoms with van der Waals surface area (Å²) in [7, 11) is 0. The van der Waals surface area contributed by atoms with Gasteiger partial charge in [0.1, 0.15) is 5.60 Å². The highest BCUT2D eigenvalue weighted by atomic mass is 16.6. The fourth-order valence-corrected chi connectivity index (χ4v) is 3.70. The second-order valence-corrected chi connectivity index (χ2v) is 8.22. The maximum absolute atomic E-state index is 12.4. The molecule has 2 bridgehead atoms. The normalized spacial score (nSPS) is 43.6. The summed E-state index contributed by atoms with van der Waals surface area (Å²) in [5.74, 6) is -0.777. The Morgan fingerprint density at radius 3 is 2.56 bits per heavy atom. The van der Waals surface area contributed by atoms with E-state index in [1.165, 1.54) is 0 Å². The van der Waals surface area contributed by atoms with E-state index in [2.05, 4.69) is 6.58 Å². The molecule has 0 aromatic carbocycles. The fraction of sp³-hybridized carbons (Fsp3) is 0.750. The van der Waals surface area contributed by atoms with Crippen molar-refractivity contribution in [3.8, 4) is 0 Å². The Hall–Kier alpha value is -1.17. The van der Waals surface area contributed by atoms with Crippen LogP contribution in [0.5, 0.6) is 0 Å². The molecular formula is C20H32O5. The Morgan fingerprint density at radius 2 is 1.88 bits per heavy atom. The molecule has 2 rings (SSSR count). The van der Waals surface area contributed by atoms with Crippen molar-refractivity contribution in [2.75, 3.05) is 0 Å². The van der Waals surface area contributed by atoms with Crippen LogP contribution in [0.1, 0.15) is 65.7 Å². The summed E-state index contributed by atoms with van der Waals surface area (Å²) < 4.78 is 5.60. The number of rotatable bonds is 0. The van der Waals surface area contributed by atoms with Crippen LogP contribution in [0, 0.1) is 5.92 Å². The van der Waals surface area contributed by atoms with E-state index in [0.29, 0.717) is 44.1 Å². The molecule has 0 amide bonds. The van der Waals surface area contributed by atoms with Gasteiger partial charge < -0.3 is 20.1 Å². The largest absolute Gasteiger partial charge is 0.453 e. The van der Waals surface area contributed by atoms with Crippen LogP contribution in [-0.4, -0.2) is 44.7 Å².